The van der Waals surface area contributed by atoms with Crippen LogP contribution in [0.3, 0.4) is 0 Å². The smallest absolute Gasteiger partial charge is 0.0193 e. The molecule has 0 N–H and O–H groups in total. The molecule has 2 rings (SSSR count). The summed E-state index contributed by atoms with van der Waals surface area (Å²) in [5.74, 6) is 2.08. The van der Waals surface area contributed by atoms with Crippen molar-refractivity contribution in [3.63, 3.8) is 0 Å². The lowest BCUT2D eigenvalue weighted by molar-refractivity contribution is 1.46. The van der Waals surface area contributed by atoms with Gasteiger partial charge >= 0.3 is 0 Å². The van der Waals surface area contributed by atoms with Crippen molar-refractivity contribution >= 4 is 22.5 Å². The van der Waals surface area contributed by atoms with Gasteiger partial charge < -0.3 is 0 Å². The number of thioether (sulfide) groups is 1. The van der Waals surface area contributed by atoms with E-state index < -0.39 is 0 Å². The zero-order chi connectivity index (χ0) is 10.5. The van der Waals surface area contributed by atoms with Gasteiger partial charge in [0.05, 0.1) is 0 Å². The minimum absolute atomic E-state index is 1.02. The summed E-state index contributed by atoms with van der Waals surface area (Å²) in [5.41, 5.74) is 1.42. The van der Waals surface area contributed by atoms with E-state index in [0.717, 1.165) is 11.5 Å². The van der Waals surface area contributed by atoms with E-state index in [1.54, 1.807) is 0 Å². The summed E-state index contributed by atoms with van der Waals surface area (Å²) in [5, 5.41) is 2.70. The number of benzene rings is 2. The molecule has 0 aliphatic carbocycles. The van der Waals surface area contributed by atoms with Crippen LogP contribution in [-0.2, 0) is 5.75 Å². The average molecular weight is 214 g/mol. The highest BCUT2D eigenvalue weighted by molar-refractivity contribution is 7.98. The lowest BCUT2D eigenvalue weighted by Crippen LogP contribution is -1.84. The summed E-state index contributed by atoms with van der Waals surface area (Å²) in [7, 11) is 0. The van der Waals surface area contributed by atoms with Gasteiger partial charge in [0.15, 0.2) is 0 Å². The van der Waals surface area contributed by atoms with Crippen molar-refractivity contribution in [2.75, 3.05) is 5.75 Å². The van der Waals surface area contributed by atoms with Gasteiger partial charge in [-0.25, -0.2) is 0 Å². The fourth-order valence-electron chi connectivity index (χ4n) is 1.67. The topological polar surface area (TPSA) is 0 Å². The summed E-state index contributed by atoms with van der Waals surface area (Å²) >= 11 is 1.90. The van der Waals surface area contributed by atoms with E-state index in [0.29, 0.717) is 0 Å². The summed E-state index contributed by atoms with van der Waals surface area (Å²) in [4.78, 5) is 0. The van der Waals surface area contributed by atoms with E-state index in [-0.39, 0.29) is 0 Å². The maximum atomic E-state index is 3.73. The van der Waals surface area contributed by atoms with Gasteiger partial charge in [-0.2, -0.15) is 11.8 Å². The summed E-state index contributed by atoms with van der Waals surface area (Å²) in [6.45, 7) is 3.73. The minimum Gasteiger partial charge on any atom is -0.153 e. The van der Waals surface area contributed by atoms with Gasteiger partial charge in [-0.3, -0.25) is 0 Å². The molecule has 0 saturated carbocycles. The number of fused-ring (bicyclic) bond motifs is 1. The van der Waals surface area contributed by atoms with Crippen molar-refractivity contribution in [2.45, 2.75) is 5.75 Å². The van der Waals surface area contributed by atoms with Crippen molar-refractivity contribution in [3.8, 4) is 0 Å². The third-order valence-electron chi connectivity index (χ3n) is 2.37. The van der Waals surface area contributed by atoms with E-state index in [1.165, 1.54) is 16.3 Å². The van der Waals surface area contributed by atoms with Crippen molar-refractivity contribution in [3.05, 3.63) is 60.7 Å². The molecule has 15 heavy (non-hydrogen) atoms. The summed E-state index contributed by atoms with van der Waals surface area (Å²) in [6, 6.07) is 15.0. The van der Waals surface area contributed by atoms with Crippen molar-refractivity contribution in [2.24, 2.45) is 0 Å². The lowest BCUT2D eigenvalue weighted by atomic mass is 10.1. The second-order valence-electron chi connectivity index (χ2n) is 3.44. The zero-order valence-corrected chi connectivity index (χ0v) is 9.46. The van der Waals surface area contributed by atoms with E-state index in [1.807, 2.05) is 17.8 Å². The maximum absolute atomic E-state index is 3.73. The van der Waals surface area contributed by atoms with Crippen molar-refractivity contribution < 1.29 is 0 Å². The largest absolute Gasteiger partial charge is 0.153 e. The van der Waals surface area contributed by atoms with E-state index >= 15 is 0 Å². The quantitative estimate of drug-likeness (QED) is 0.541. The van der Waals surface area contributed by atoms with Gasteiger partial charge in [0.25, 0.3) is 0 Å². The Morgan fingerprint density at radius 2 is 1.87 bits per heavy atom. The number of rotatable bonds is 4. The molecule has 0 amide bonds. The predicted molar refractivity (Wildman–Crippen MR) is 70.3 cm³/mol. The first-order valence-corrected chi connectivity index (χ1v) is 6.22. The molecule has 0 aromatic heterocycles. The molecule has 0 fully saturated rings. The Hall–Kier alpha value is -1.21. The Bertz CT molecular complexity index is 454. The van der Waals surface area contributed by atoms with Crippen LogP contribution in [-0.4, -0.2) is 5.75 Å². The Kier molecular flexibility index (Phi) is 3.46. The SMILES string of the molecule is C=CCSCc1cccc2ccccc12. The highest BCUT2D eigenvalue weighted by Crippen LogP contribution is 2.22. The van der Waals surface area contributed by atoms with Gasteiger partial charge in [-0.1, -0.05) is 48.5 Å². The molecule has 0 atom stereocenters. The Morgan fingerprint density at radius 1 is 1.07 bits per heavy atom. The Labute approximate surface area is 95.0 Å². The van der Waals surface area contributed by atoms with Crippen LogP contribution >= 0.6 is 11.8 Å². The highest BCUT2D eigenvalue weighted by Gasteiger charge is 1.98. The molecule has 0 nitrogen and oxygen atoms in total. The van der Waals surface area contributed by atoms with E-state index in [9.17, 15) is 0 Å². The van der Waals surface area contributed by atoms with E-state index in [2.05, 4.69) is 49.0 Å². The fraction of sp³-hybridized carbons (Fsp3) is 0.143. The molecule has 0 saturated heterocycles. The first-order chi connectivity index (χ1) is 7.42. The first kappa shape index (κ1) is 10.3. The van der Waals surface area contributed by atoms with Crippen LogP contribution in [0.25, 0.3) is 10.8 Å². The second-order valence-corrected chi connectivity index (χ2v) is 4.47. The number of hydrogen-bond donors (Lipinski definition) is 0. The molecular formula is C14H14S. The molecule has 0 spiro atoms. The third-order valence-corrected chi connectivity index (χ3v) is 3.36. The van der Waals surface area contributed by atoms with Crippen molar-refractivity contribution in [1.29, 1.82) is 0 Å². The molecule has 0 aliphatic rings. The normalized spacial score (nSPS) is 10.4. The lowest BCUT2D eigenvalue weighted by Gasteiger charge is -2.05. The molecule has 0 bridgehead atoms. The minimum atomic E-state index is 1.02. The second kappa shape index (κ2) is 5.04. The molecule has 2 aromatic rings. The van der Waals surface area contributed by atoms with Crippen LogP contribution in [0.2, 0.25) is 0 Å². The molecule has 76 valence electrons. The Balaban J connectivity index is 2.30. The van der Waals surface area contributed by atoms with Gasteiger partial charge in [-0.15, -0.1) is 6.58 Å². The predicted octanol–water partition coefficient (Wildman–Crippen LogP) is 4.26. The zero-order valence-electron chi connectivity index (χ0n) is 8.65. The fourth-order valence-corrected chi connectivity index (χ4v) is 2.43. The molecular weight excluding hydrogens is 200 g/mol. The summed E-state index contributed by atoms with van der Waals surface area (Å²) < 4.78 is 0. The molecule has 0 aliphatic heterocycles. The standard InChI is InChI=1S/C14H14S/c1-2-10-15-11-13-8-5-7-12-6-3-4-9-14(12)13/h2-9H,1,10-11H2. The van der Waals surface area contributed by atoms with Crippen LogP contribution < -0.4 is 0 Å². The molecule has 0 unspecified atom stereocenters. The number of hydrogen-bond acceptors (Lipinski definition) is 1. The van der Waals surface area contributed by atoms with E-state index in [4.69, 9.17) is 0 Å². The van der Waals surface area contributed by atoms with Gasteiger partial charge in [-0.05, 0) is 16.3 Å². The van der Waals surface area contributed by atoms with Gasteiger partial charge in [0.1, 0.15) is 0 Å². The third kappa shape index (κ3) is 2.42. The molecule has 0 heterocycles. The average Bonchev–Trinajstić information content (AvgIpc) is 2.30. The molecule has 0 radical (unpaired) electrons. The van der Waals surface area contributed by atoms with Crippen LogP contribution in [0.5, 0.6) is 0 Å². The van der Waals surface area contributed by atoms with Crippen LogP contribution in [0.4, 0.5) is 0 Å². The maximum Gasteiger partial charge on any atom is 0.0193 e. The van der Waals surface area contributed by atoms with Crippen LogP contribution in [0.15, 0.2) is 55.1 Å². The highest BCUT2D eigenvalue weighted by atomic mass is 32.2. The molecule has 1 heteroatoms. The monoisotopic (exact) mass is 214 g/mol. The first-order valence-electron chi connectivity index (χ1n) is 5.07. The van der Waals surface area contributed by atoms with Gasteiger partial charge in [0, 0.05) is 11.5 Å². The van der Waals surface area contributed by atoms with Crippen molar-refractivity contribution in [1.82, 2.24) is 0 Å². The van der Waals surface area contributed by atoms with Gasteiger partial charge in [0.2, 0.25) is 0 Å². The summed E-state index contributed by atoms with van der Waals surface area (Å²) in [6.07, 6.45) is 1.95. The molecule has 2 aromatic carbocycles. The van der Waals surface area contributed by atoms with Crippen LogP contribution in [0, 0.1) is 0 Å². The van der Waals surface area contributed by atoms with Crippen LogP contribution in [0.1, 0.15) is 5.56 Å². The Morgan fingerprint density at radius 3 is 2.73 bits per heavy atom.